The van der Waals surface area contributed by atoms with E-state index >= 15 is 0 Å². The summed E-state index contributed by atoms with van der Waals surface area (Å²) < 4.78 is 5.62. The maximum Gasteiger partial charge on any atom is 0.120 e. The predicted octanol–water partition coefficient (Wildman–Crippen LogP) is 3.98. The molecule has 0 saturated carbocycles. The van der Waals surface area contributed by atoms with E-state index in [0.717, 1.165) is 27.4 Å². The normalized spacial score (nSPS) is 11.1. The minimum atomic E-state index is 0.162. The standard InChI is InChI=1S/C13H14ClNO/c1-8(2)16-10-4-5-13-11(7-10)12(14)6-9(3)15-13/h4-8H,1-3H3. The Balaban J connectivity index is 2.53. The average Bonchev–Trinajstić information content (AvgIpc) is 2.18. The minimum Gasteiger partial charge on any atom is -0.491 e. The second-order valence-corrected chi connectivity index (χ2v) is 4.50. The van der Waals surface area contributed by atoms with Gasteiger partial charge < -0.3 is 4.74 Å². The van der Waals surface area contributed by atoms with Crippen LogP contribution in [0.3, 0.4) is 0 Å². The highest BCUT2D eigenvalue weighted by Gasteiger charge is 2.05. The van der Waals surface area contributed by atoms with E-state index in [4.69, 9.17) is 16.3 Å². The Morgan fingerprint density at radius 1 is 1.25 bits per heavy atom. The molecule has 0 aliphatic carbocycles. The fourth-order valence-electron chi connectivity index (χ4n) is 1.63. The molecule has 2 aromatic rings. The molecule has 0 aliphatic rings. The van der Waals surface area contributed by atoms with Crippen LogP contribution in [0, 0.1) is 6.92 Å². The summed E-state index contributed by atoms with van der Waals surface area (Å²) in [5.74, 6) is 0.829. The first kappa shape index (κ1) is 11.2. The average molecular weight is 236 g/mol. The van der Waals surface area contributed by atoms with Gasteiger partial charge in [-0.15, -0.1) is 0 Å². The van der Waals surface area contributed by atoms with E-state index in [0.29, 0.717) is 0 Å². The predicted molar refractivity (Wildman–Crippen MR) is 67.3 cm³/mol. The maximum absolute atomic E-state index is 6.18. The molecule has 0 N–H and O–H groups in total. The van der Waals surface area contributed by atoms with Crippen LogP contribution in [-0.4, -0.2) is 11.1 Å². The zero-order chi connectivity index (χ0) is 11.7. The summed E-state index contributed by atoms with van der Waals surface area (Å²) in [5, 5.41) is 1.65. The number of hydrogen-bond donors (Lipinski definition) is 0. The van der Waals surface area contributed by atoms with E-state index in [1.807, 2.05) is 45.0 Å². The van der Waals surface area contributed by atoms with Gasteiger partial charge >= 0.3 is 0 Å². The Morgan fingerprint density at radius 2 is 2.00 bits per heavy atom. The Kier molecular flexibility index (Phi) is 3.01. The maximum atomic E-state index is 6.18. The van der Waals surface area contributed by atoms with E-state index in [-0.39, 0.29) is 6.10 Å². The highest BCUT2D eigenvalue weighted by Crippen LogP contribution is 2.27. The van der Waals surface area contributed by atoms with Gasteiger partial charge in [0.25, 0.3) is 0 Å². The van der Waals surface area contributed by atoms with Crippen LogP contribution in [-0.2, 0) is 0 Å². The second kappa shape index (κ2) is 4.30. The molecule has 1 aromatic carbocycles. The number of hydrogen-bond acceptors (Lipinski definition) is 2. The van der Waals surface area contributed by atoms with E-state index in [1.54, 1.807) is 0 Å². The fourth-order valence-corrected chi connectivity index (χ4v) is 1.94. The van der Waals surface area contributed by atoms with Gasteiger partial charge in [0.05, 0.1) is 16.6 Å². The summed E-state index contributed by atoms with van der Waals surface area (Å²) in [6.07, 6.45) is 0.162. The van der Waals surface area contributed by atoms with Crippen molar-refractivity contribution in [3.8, 4) is 5.75 Å². The molecule has 1 heterocycles. The Labute approximate surface area is 100 Å². The summed E-state index contributed by atoms with van der Waals surface area (Å²) in [6.45, 7) is 5.93. The SMILES string of the molecule is Cc1cc(Cl)c2cc(OC(C)C)ccc2n1. The summed E-state index contributed by atoms with van der Waals surface area (Å²) in [4.78, 5) is 4.42. The van der Waals surface area contributed by atoms with Gasteiger partial charge in [0, 0.05) is 11.1 Å². The first-order valence-electron chi connectivity index (χ1n) is 5.30. The van der Waals surface area contributed by atoms with Gasteiger partial charge in [-0.05, 0) is 45.0 Å². The van der Waals surface area contributed by atoms with Crippen LogP contribution in [0.15, 0.2) is 24.3 Å². The molecular weight excluding hydrogens is 222 g/mol. The van der Waals surface area contributed by atoms with Gasteiger partial charge in [-0.3, -0.25) is 4.98 Å². The van der Waals surface area contributed by atoms with Crippen molar-refractivity contribution in [2.75, 3.05) is 0 Å². The molecule has 0 aliphatic heterocycles. The van der Waals surface area contributed by atoms with Crippen LogP contribution >= 0.6 is 11.6 Å². The molecule has 2 nitrogen and oxygen atoms in total. The van der Waals surface area contributed by atoms with Crippen molar-refractivity contribution in [3.05, 3.63) is 35.0 Å². The zero-order valence-corrected chi connectivity index (χ0v) is 10.4. The van der Waals surface area contributed by atoms with Crippen LogP contribution < -0.4 is 4.74 Å². The number of aromatic nitrogens is 1. The molecule has 0 spiro atoms. The van der Waals surface area contributed by atoms with Crippen LogP contribution in [0.1, 0.15) is 19.5 Å². The van der Waals surface area contributed by atoms with Gasteiger partial charge in [0.15, 0.2) is 0 Å². The zero-order valence-electron chi connectivity index (χ0n) is 9.62. The smallest absolute Gasteiger partial charge is 0.120 e. The minimum absolute atomic E-state index is 0.162. The molecule has 0 saturated heterocycles. The number of aryl methyl sites for hydroxylation is 1. The first-order chi connectivity index (χ1) is 7.56. The van der Waals surface area contributed by atoms with Gasteiger partial charge in [-0.2, -0.15) is 0 Å². The lowest BCUT2D eigenvalue weighted by atomic mass is 10.2. The van der Waals surface area contributed by atoms with Crippen LogP contribution in [0.4, 0.5) is 0 Å². The van der Waals surface area contributed by atoms with Crippen molar-refractivity contribution in [2.45, 2.75) is 26.9 Å². The van der Waals surface area contributed by atoms with Crippen molar-refractivity contribution in [1.29, 1.82) is 0 Å². The van der Waals surface area contributed by atoms with E-state index in [1.165, 1.54) is 0 Å². The molecule has 0 fully saturated rings. The quantitative estimate of drug-likeness (QED) is 0.786. The van der Waals surface area contributed by atoms with Crippen molar-refractivity contribution in [1.82, 2.24) is 4.98 Å². The lowest BCUT2D eigenvalue weighted by Crippen LogP contribution is -2.05. The molecule has 1 aromatic heterocycles. The molecule has 3 heteroatoms. The summed E-state index contributed by atoms with van der Waals surface area (Å²) >= 11 is 6.18. The van der Waals surface area contributed by atoms with Crippen LogP contribution in [0.25, 0.3) is 10.9 Å². The topological polar surface area (TPSA) is 22.1 Å². The van der Waals surface area contributed by atoms with Crippen molar-refractivity contribution in [3.63, 3.8) is 0 Å². The number of pyridine rings is 1. The lowest BCUT2D eigenvalue weighted by molar-refractivity contribution is 0.243. The Hall–Kier alpha value is -1.28. The summed E-state index contributed by atoms with van der Waals surface area (Å²) in [6, 6.07) is 7.66. The number of benzene rings is 1. The Morgan fingerprint density at radius 3 is 2.69 bits per heavy atom. The lowest BCUT2D eigenvalue weighted by Gasteiger charge is -2.10. The molecule has 84 valence electrons. The molecular formula is C13H14ClNO. The van der Waals surface area contributed by atoms with E-state index < -0.39 is 0 Å². The molecule has 16 heavy (non-hydrogen) atoms. The number of rotatable bonds is 2. The molecule has 2 rings (SSSR count). The van der Waals surface area contributed by atoms with Crippen molar-refractivity contribution in [2.24, 2.45) is 0 Å². The highest BCUT2D eigenvalue weighted by molar-refractivity contribution is 6.35. The second-order valence-electron chi connectivity index (χ2n) is 4.09. The number of fused-ring (bicyclic) bond motifs is 1. The fraction of sp³-hybridized carbons (Fsp3) is 0.308. The Bertz CT molecular complexity index is 523. The summed E-state index contributed by atoms with van der Waals surface area (Å²) in [7, 11) is 0. The largest absolute Gasteiger partial charge is 0.491 e. The van der Waals surface area contributed by atoms with Crippen molar-refractivity contribution < 1.29 is 4.74 Å². The molecule has 0 atom stereocenters. The molecule has 0 amide bonds. The highest BCUT2D eigenvalue weighted by atomic mass is 35.5. The van der Waals surface area contributed by atoms with Gasteiger partial charge in [0.2, 0.25) is 0 Å². The monoisotopic (exact) mass is 235 g/mol. The van der Waals surface area contributed by atoms with Gasteiger partial charge in [0.1, 0.15) is 5.75 Å². The molecule has 0 radical (unpaired) electrons. The number of nitrogens with zero attached hydrogens (tertiary/aromatic N) is 1. The number of halogens is 1. The van der Waals surface area contributed by atoms with E-state index in [2.05, 4.69) is 4.98 Å². The van der Waals surface area contributed by atoms with Crippen LogP contribution in [0.2, 0.25) is 5.02 Å². The third kappa shape index (κ3) is 2.27. The third-order valence-corrected chi connectivity index (χ3v) is 2.54. The van der Waals surface area contributed by atoms with Gasteiger partial charge in [-0.25, -0.2) is 0 Å². The third-order valence-electron chi connectivity index (χ3n) is 2.23. The van der Waals surface area contributed by atoms with Gasteiger partial charge in [-0.1, -0.05) is 11.6 Å². The molecule has 0 unspecified atom stereocenters. The van der Waals surface area contributed by atoms with Crippen molar-refractivity contribution >= 4 is 22.5 Å². The number of ether oxygens (including phenoxy) is 1. The summed E-state index contributed by atoms with van der Waals surface area (Å²) in [5.41, 5.74) is 1.83. The first-order valence-corrected chi connectivity index (χ1v) is 5.67. The molecule has 0 bridgehead atoms. The van der Waals surface area contributed by atoms with E-state index in [9.17, 15) is 0 Å². The van der Waals surface area contributed by atoms with Crippen LogP contribution in [0.5, 0.6) is 5.75 Å².